The lowest BCUT2D eigenvalue weighted by molar-refractivity contribution is 0.669. The van der Waals surface area contributed by atoms with Crippen LogP contribution in [0.1, 0.15) is 0 Å². The van der Waals surface area contributed by atoms with Gasteiger partial charge in [0, 0.05) is 38.3 Å². The minimum Gasteiger partial charge on any atom is -0.456 e. The van der Waals surface area contributed by atoms with E-state index in [-0.39, 0.29) is 0 Å². The number of hydrogen-bond donors (Lipinski definition) is 0. The first-order valence-corrected chi connectivity index (χ1v) is 16.6. The summed E-state index contributed by atoms with van der Waals surface area (Å²) in [5.41, 5.74) is 11.2. The zero-order chi connectivity index (χ0) is 32.3. The van der Waals surface area contributed by atoms with Crippen molar-refractivity contribution in [2.24, 2.45) is 0 Å². The average Bonchev–Trinajstić information content (AvgIpc) is 3.75. The van der Waals surface area contributed by atoms with E-state index >= 15 is 0 Å². The molecule has 0 saturated carbocycles. The maximum absolute atomic E-state index is 6.86. The molecule has 0 saturated heterocycles. The first-order valence-electron chi connectivity index (χ1n) is 16.6. The summed E-state index contributed by atoms with van der Waals surface area (Å²) in [6.07, 6.45) is 0. The Morgan fingerprint density at radius 2 is 0.918 bits per heavy atom. The van der Waals surface area contributed by atoms with Crippen molar-refractivity contribution in [2.75, 3.05) is 4.90 Å². The predicted octanol–water partition coefficient (Wildman–Crippen LogP) is 13.4. The van der Waals surface area contributed by atoms with Crippen molar-refractivity contribution in [3.63, 3.8) is 0 Å². The molecule has 2 aromatic heterocycles. The molecule has 0 unspecified atom stereocenters. The number of para-hydroxylation sites is 1. The first kappa shape index (κ1) is 27.5. The maximum Gasteiger partial charge on any atom is 0.159 e. The monoisotopic (exact) mass is 627 g/mol. The van der Waals surface area contributed by atoms with Crippen molar-refractivity contribution in [2.45, 2.75) is 0 Å². The van der Waals surface area contributed by atoms with Crippen molar-refractivity contribution in [1.29, 1.82) is 0 Å². The zero-order valence-electron chi connectivity index (χ0n) is 26.5. The van der Waals surface area contributed by atoms with Crippen LogP contribution in [-0.2, 0) is 0 Å². The molecule has 0 aliphatic carbocycles. The highest BCUT2D eigenvalue weighted by Gasteiger charge is 2.21. The first-order chi connectivity index (χ1) is 24.3. The Bertz CT molecular complexity index is 2810. The van der Waals surface area contributed by atoms with Crippen molar-refractivity contribution in [3.05, 3.63) is 176 Å². The van der Waals surface area contributed by atoms with Gasteiger partial charge >= 0.3 is 0 Å². The van der Waals surface area contributed by atoms with E-state index in [1.807, 2.05) is 6.07 Å². The Morgan fingerprint density at radius 1 is 0.327 bits per heavy atom. The standard InChI is InChI=1S/C46H29NO2/c1-3-10-30(11-4-1)32-18-22-35(23-19-32)47(42-17-9-16-38-39-25-20-33-14-7-8-15-37(33)45(39)49-46(38)42)36-24-27-44-41(29-36)40-28-34(21-26-43(40)48-44)31-12-5-2-6-13-31/h1-29H. The molecule has 0 bridgehead atoms. The van der Waals surface area contributed by atoms with Crippen LogP contribution in [0.25, 0.3) is 76.9 Å². The topological polar surface area (TPSA) is 29.5 Å². The molecule has 8 aromatic carbocycles. The largest absolute Gasteiger partial charge is 0.456 e. The summed E-state index contributed by atoms with van der Waals surface area (Å²) < 4.78 is 13.2. The Morgan fingerprint density at radius 3 is 1.71 bits per heavy atom. The molecule has 0 atom stereocenters. The molecular formula is C46H29NO2. The van der Waals surface area contributed by atoms with E-state index < -0.39 is 0 Å². The van der Waals surface area contributed by atoms with Gasteiger partial charge in [-0.3, -0.25) is 0 Å². The number of hydrogen-bond acceptors (Lipinski definition) is 3. The third-order valence-electron chi connectivity index (χ3n) is 9.66. The minimum atomic E-state index is 0.851. The Balaban J connectivity index is 1.20. The number of furan rings is 2. The fraction of sp³-hybridized carbons (Fsp3) is 0. The van der Waals surface area contributed by atoms with Crippen LogP contribution in [0.4, 0.5) is 17.1 Å². The van der Waals surface area contributed by atoms with Gasteiger partial charge in [-0.05, 0) is 82.2 Å². The van der Waals surface area contributed by atoms with Gasteiger partial charge in [-0.25, -0.2) is 0 Å². The summed E-state index contributed by atoms with van der Waals surface area (Å²) in [7, 11) is 0. The van der Waals surface area contributed by atoms with E-state index in [2.05, 4.69) is 175 Å². The third kappa shape index (κ3) is 4.51. The molecule has 0 aliphatic heterocycles. The highest BCUT2D eigenvalue weighted by molar-refractivity contribution is 6.18. The molecule has 0 spiro atoms. The van der Waals surface area contributed by atoms with Gasteiger partial charge in [0.2, 0.25) is 0 Å². The van der Waals surface area contributed by atoms with Crippen molar-refractivity contribution in [3.8, 4) is 22.3 Å². The van der Waals surface area contributed by atoms with Gasteiger partial charge in [0.1, 0.15) is 16.7 Å². The lowest BCUT2D eigenvalue weighted by Gasteiger charge is -2.26. The molecule has 3 heteroatoms. The van der Waals surface area contributed by atoms with Crippen LogP contribution in [0, 0.1) is 0 Å². The van der Waals surface area contributed by atoms with E-state index in [1.165, 1.54) is 16.7 Å². The lowest BCUT2D eigenvalue weighted by Crippen LogP contribution is -2.10. The summed E-state index contributed by atoms with van der Waals surface area (Å²) in [4.78, 5) is 2.31. The van der Waals surface area contributed by atoms with Gasteiger partial charge < -0.3 is 13.7 Å². The summed E-state index contributed by atoms with van der Waals surface area (Å²) in [6, 6.07) is 61.9. The Hall–Kier alpha value is -6.58. The van der Waals surface area contributed by atoms with Gasteiger partial charge in [-0.1, -0.05) is 121 Å². The normalized spacial score (nSPS) is 11.7. The molecule has 3 nitrogen and oxygen atoms in total. The molecule has 0 N–H and O–H groups in total. The summed E-state index contributed by atoms with van der Waals surface area (Å²) in [5, 5.41) is 6.63. The van der Waals surface area contributed by atoms with E-state index in [9.17, 15) is 0 Å². The second kappa shape index (κ2) is 11.0. The van der Waals surface area contributed by atoms with Crippen molar-refractivity contribution in [1.82, 2.24) is 0 Å². The fourth-order valence-electron chi connectivity index (χ4n) is 7.26. The molecule has 49 heavy (non-hydrogen) atoms. The van der Waals surface area contributed by atoms with Crippen LogP contribution in [0.15, 0.2) is 185 Å². The molecule has 0 radical (unpaired) electrons. The maximum atomic E-state index is 6.86. The number of benzene rings is 8. The van der Waals surface area contributed by atoms with Crippen molar-refractivity contribution >= 4 is 71.7 Å². The fourth-order valence-corrected chi connectivity index (χ4v) is 7.26. The van der Waals surface area contributed by atoms with Gasteiger partial charge in [0.15, 0.2) is 5.58 Å². The van der Waals surface area contributed by atoms with E-state index in [1.54, 1.807) is 0 Å². The lowest BCUT2D eigenvalue weighted by atomic mass is 10.0. The molecule has 10 rings (SSSR count). The van der Waals surface area contributed by atoms with Crippen LogP contribution in [0.3, 0.4) is 0 Å². The molecule has 2 heterocycles. The molecule has 0 amide bonds. The number of anilines is 3. The van der Waals surface area contributed by atoms with E-state index in [0.717, 1.165) is 77.3 Å². The third-order valence-corrected chi connectivity index (χ3v) is 9.66. The average molecular weight is 628 g/mol. The van der Waals surface area contributed by atoms with Crippen molar-refractivity contribution < 1.29 is 8.83 Å². The van der Waals surface area contributed by atoms with E-state index in [4.69, 9.17) is 8.83 Å². The number of fused-ring (bicyclic) bond motifs is 8. The van der Waals surface area contributed by atoms with Crippen LogP contribution >= 0.6 is 0 Å². The van der Waals surface area contributed by atoms with Crippen LogP contribution < -0.4 is 4.90 Å². The van der Waals surface area contributed by atoms with Crippen LogP contribution in [-0.4, -0.2) is 0 Å². The zero-order valence-corrected chi connectivity index (χ0v) is 26.5. The van der Waals surface area contributed by atoms with Gasteiger partial charge in [0.05, 0.1) is 5.69 Å². The van der Waals surface area contributed by atoms with Gasteiger partial charge in [0.25, 0.3) is 0 Å². The molecular weight excluding hydrogens is 599 g/mol. The molecule has 0 aliphatic rings. The summed E-state index contributed by atoms with van der Waals surface area (Å²) >= 11 is 0. The quantitative estimate of drug-likeness (QED) is 0.190. The smallest absolute Gasteiger partial charge is 0.159 e. The summed E-state index contributed by atoms with van der Waals surface area (Å²) in [5.74, 6) is 0. The predicted molar refractivity (Wildman–Crippen MR) is 204 cm³/mol. The SMILES string of the molecule is c1ccc(-c2ccc(N(c3ccc4oc5ccc(-c6ccccc6)cc5c4c3)c3cccc4c3oc3c5ccccc5ccc43)cc2)cc1. The van der Waals surface area contributed by atoms with Gasteiger partial charge in [-0.2, -0.15) is 0 Å². The molecule has 230 valence electrons. The van der Waals surface area contributed by atoms with E-state index in [0.29, 0.717) is 0 Å². The number of nitrogens with zero attached hydrogens (tertiary/aromatic N) is 1. The molecule has 10 aromatic rings. The summed E-state index contributed by atoms with van der Waals surface area (Å²) in [6.45, 7) is 0. The second-order valence-corrected chi connectivity index (χ2v) is 12.5. The van der Waals surface area contributed by atoms with Crippen LogP contribution in [0.5, 0.6) is 0 Å². The Kier molecular flexibility index (Phi) is 6.18. The molecule has 0 fully saturated rings. The second-order valence-electron chi connectivity index (χ2n) is 12.5. The number of rotatable bonds is 5. The highest BCUT2D eigenvalue weighted by atomic mass is 16.3. The Labute approximate surface area is 282 Å². The van der Waals surface area contributed by atoms with Gasteiger partial charge in [-0.15, -0.1) is 0 Å². The van der Waals surface area contributed by atoms with Crippen LogP contribution in [0.2, 0.25) is 0 Å². The minimum absolute atomic E-state index is 0.851. The highest BCUT2D eigenvalue weighted by Crippen LogP contribution is 2.45.